The monoisotopic (exact) mass is 856 g/mol. The molecule has 0 unspecified atom stereocenters. The minimum absolute atomic E-state index is 0.0640. The highest BCUT2D eigenvalue weighted by molar-refractivity contribution is 5.96. The average Bonchev–Trinajstić information content (AvgIpc) is 3.26. The lowest BCUT2D eigenvalue weighted by atomic mass is 9.48. The van der Waals surface area contributed by atoms with Gasteiger partial charge in [-0.1, -0.05) is 73.7 Å². The first-order valence-electron chi connectivity index (χ1n) is 20.2. The molecule has 11 atom stereocenters. The van der Waals surface area contributed by atoms with Crippen LogP contribution < -0.4 is 11.1 Å². The van der Waals surface area contributed by atoms with E-state index >= 15 is 4.79 Å². The standard InChI is InChI=1S/C46H52N2O14/c1-25(22-58-43(56)36(52)35(29-15-9-6-10-16-29)48-41(54)30-17-11-7-12-18-30)34-26(2)45(57,23-47)40(61-42(55)31-19-13-8-14-20-31)38-44(5,39(53)37(34)60-27(3)49)32(51)21-33-46(38,24-59-33)62-28(4)50/h6-20,26,32-33,35-38,40,51-52,57H,21-24,47H2,1-5H3,(H,48,54)/b34-25+/t26-,32+,33-,35+,36-,37-,38+,40+,44-,45+,46+/m1/s1. The number of Topliss-reactive ketones (excluding diaryl/α,β-unsaturated/α-hetero) is 1. The van der Waals surface area contributed by atoms with Crippen LogP contribution in [0, 0.1) is 17.3 Å². The van der Waals surface area contributed by atoms with Gasteiger partial charge >= 0.3 is 23.9 Å². The minimum atomic E-state index is -2.39. The summed E-state index contributed by atoms with van der Waals surface area (Å²) in [7, 11) is 0. The second-order valence-electron chi connectivity index (χ2n) is 16.3. The van der Waals surface area contributed by atoms with E-state index in [2.05, 4.69) is 5.32 Å². The predicted molar refractivity (Wildman–Crippen MR) is 219 cm³/mol. The van der Waals surface area contributed by atoms with Crippen molar-refractivity contribution in [2.45, 2.75) is 88.8 Å². The van der Waals surface area contributed by atoms with Gasteiger partial charge in [0.2, 0.25) is 0 Å². The van der Waals surface area contributed by atoms with Crippen molar-refractivity contribution in [2.24, 2.45) is 23.0 Å². The van der Waals surface area contributed by atoms with Gasteiger partial charge in [-0.3, -0.25) is 19.2 Å². The molecule has 1 aliphatic heterocycles. The molecule has 3 aromatic rings. The van der Waals surface area contributed by atoms with Crippen molar-refractivity contribution in [2.75, 3.05) is 19.8 Å². The van der Waals surface area contributed by atoms with Gasteiger partial charge in [0.05, 0.1) is 35.6 Å². The third-order valence-corrected chi connectivity index (χ3v) is 12.6. The molecule has 0 spiro atoms. The minimum Gasteiger partial charge on any atom is -0.459 e. The zero-order valence-corrected chi connectivity index (χ0v) is 35.0. The third kappa shape index (κ3) is 8.40. The highest BCUT2D eigenvalue weighted by Crippen LogP contribution is 2.60. The zero-order chi connectivity index (χ0) is 45.1. The fourth-order valence-electron chi connectivity index (χ4n) is 9.26. The Kier molecular flexibility index (Phi) is 13.5. The van der Waals surface area contributed by atoms with Crippen molar-refractivity contribution in [3.8, 4) is 0 Å². The van der Waals surface area contributed by atoms with Crippen LogP contribution in [-0.4, -0.2) is 112 Å². The first kappa shape index (κ1) is 45.7. The lowest BCUT2D eigenvalue weighted by Crippen LogP contribution is -2.81. The number of carbonyl (C=O) groups excluding carboxylic acids is 6. The number of amides is 1. The number of benzene rings is 3. The number of aliphatic hydroxyl groups excluding tert-OH is 2. The Morgan fingerprint density at radius 2 is 1.47 bits per heavy atom. The van der Waals surface area contributed by atoms with Crippen LogP contribution in [0.5, 0.6) is 0 Å². The van der Waals surface area contributed by atoms with Crippen LogP contribution in [0.4, 0.5) is 0 Å². The molecule has 6 N–H and O–H groups in total. The molecule has 0 aromatic heterocycles. The van der Waals surface area contributed by atoms with E-state index in [4.69, 9.17) is 29.4 Å². The Hall–Kier alpha value is -5.78. The van der Waals surface area contributed by atoms with Gasteiger partial charge in [-0.05, 0) is 54.8 Å². The average molecular weight is 857 g/mol. The maximum Gasteiger partial charge on any atom is 0.338 e. The highest BCUT2D eigenvalue weighted by atomic mass is 16.6. The van der Waals surface area contributed by atoms with Crippen molar-refractivity contribution in [1.82, 2.24) is 5.32 Å². The molecular formula is C46H52N2O14. The lowest BCUT2D eigenvalue weighted by molar-refractivity contribution is -0.341. The molecule has 16 nitrogen and oxygen atoms in total. The van der Waals surface area contributed by atoms with Crippen LogP contribution in [0.15, 0.2) is 102 Å². The molecule has 2 aliphatic carbocycles. The fourth-order valence-corrected chi connectivity index (χ4v) is 9.26. The summed E-state index contributed by atoms with van der Waals surface area (Å²) in [6.45, 7) is 4.83. The molecule has 0 radical (unpaired) electrons. The Bertz CT molecular complexity index is 2200. The number of nitrogens with one attached hydrogen (secondary N) is 1. The molecule has 1 heterocycles. The quantitative estimate of drug-likeness (QED) is 0.0998. The number of hydrogen-bond donors (Lipinski definition) is 5. The van der Waals surface area contributed by atoms with Crippen molar-refractivity contribution in [3.63, 3.8) is 0 Å². The fraction of sp³-hybridized carbons (Fsp3) is 0.435. The number of carbonyl (C=O) groups is 6. The summed E-state index contributed by atoms with van der Waals surface area (Å²) in [5.74, 6) is -8.21. The normalized spacial score (nSPS) is 30.9. The van der Waals surface area contributed by atoms with Crippen molar-refractivity contribution in [3.05, 3.63) is 119 Å². The maximum absolute atomic E-state index is 15.4. The summed E-state index contributed by atoms with van der Waals surface area (Å²) in [4.78, 5) is 82.1. The van der Waals surface area contributed by atoms with Gasteiger partial charge in [0.1, 0.15) is 24.4 Å². The lowest BCUT2D eigenvalue weighted by Gasteiger charge is -2.65. The summed E-state index contributed by atoms with van der Waals surface area (Å²) in [6, 6.07) is 22.9. The van der Waals surface area contributed by atoms with Crippen molar-refractivity contribution >= 4 is 35.6 Å². The van der Waals surface area contributed by atoms with E-state index in [0.717, 1.165) is 13.8 Å². The molecule has 3 fully saturated rings. The van der Waals surface area contributed by atoms with Crippen LogP contribution >= 0.6 is 0 Å². The van der Waals surface area contributed by atoms with Gasteiger partial charge in [0.25, 0.3) is 5.91 Å². The zero-order valence-electron chi connectivity index (χ0n) is 35.0. The van der Waals surface area contributed by atoms with E-state index < -0.39 is 114 Å². The Labute approximate surface area is 358 Å². The Balaban J connectivity index is 1.44. The summed E-state index contributed by atoms with van der Waals surface area (Å²) in [5.41, 5.74) is 0.904. The topological polar surface area (TPSA) is 247 Å². The third-order valence-electron chi connectivity index (χ3n) is 12.6. The van der Waals surface area contributed by atoms with Crippen LogP contribution in [-0.2, 0) is 42.9 Å². The van der Waals surface area contributed by atoms with Gasteiger partial charge in [0, 0.05) is 38.3 Å². The Morgan fingerprint density at radius 3 is 2.00 bits per heavy atom. The second-order valence-corrected chi connectivity index (χ2v) is 16.3. The maximum atomic E-state index is 15.4. The SMILES string of the molecule is CC(=O)O[C@H]1C(=O)[C@@]2(C)[C@H]([C@H](OC(=O)c3ccccc3)[C@](O)(CN)[C@H](C)/C1=C(/C)COC(=O)[C@H](O)[C@@H](NC(=O)c1ccccc1)c1ccccc1)[C@]1(OC(C)=O)CO[C@@H]1C[C@@H]2O. The number of ether oxygens (including phenoxy) is 5. The summed E-state index contributed by atoms with van der Waals surface area (Å²) >= 11 is 0. The van der Waals surface area contributed by atoms with Gasteiger partial charge < -0.3 is 50.1 Å². The summed E-state index contributed by atoms with van der Waals surface area (Å²) in [6.07, 6.45) is -8.50. The second kappa shape index (κ2) is 18.3. The largest absolute Gasteiger partial charge is 0.459 e. The number of ketones is 1. The number of aliphatic hydroxyl groups is 3. The summed E-state index contributed by atoms with van der Waals surface area (Å²) in [5, 5.41) is 39.2. The first-order valence-corrected chi connectivity index (χ1v) is 20.2. The summed E-state index contributed by atoms with van der Waals surface area (Å²) < 4.78 is 29.4. The number of rotatable bonds is 12. The predicted octanol–water partition coefficient (Wildman–Crippen LogP) is 2.53. The van der Waals surface area contributed by atoms with Crippen LogP contribution in [0.1, 0.15) is 73.4 Å². The molecule has 3 aromatic carbocycles. The van der Waals surface area contributed by atoms with Gasteiger partial charge in [-0.25, -0.2) is 9.59 Å². The molecule has 0 bridgehead atoms. The molecule has 62 heavy (non-hydrogen) atoms. The van der Waals surface area contributed by atoms with E-state index in [1.165, 1.54) is 32.9 Å². The van der Waals surface area contributed by atoms with Crippen LogP contribution in [0.3, 0.4) is 0 Å². The molecule has 2 saturated carbocycles. The number of hydrogen-bond acceptors (Lipinski definition) is 15. The van der Waals surface area contributed by atoms with Gasteiger partial charge in [0.15, 0.2) is 23.6 Å². The number of nitrogens with two attached hydrogens (primary N) is 1. The first-order chi connectivity index (χ1) is 29.4. The smallest absolute Gasteiger partial charge is 0.338 e. The Morgan fingerprint density at radius 1 is 0.887 bits per heavy atom. The molecule has 1 amide bonds. The van der Waals surface area contributed by atoms with Crippen LogP contribution in [0.25, 0.3) is 0 Å². The van der Waals surface area contributed by atoms with Crippen molar-refractivity contribution < 1.29 is 67.8 Å². The van der Waals surface area contributed by atoms with E-state index in [0.29, 0.717) is 5.56 Å². The van der Waals surface area contributed by atoms with E-state index in [1.54, 1.807) is 78.9 Å². The number of esters is 4. The van der Waals surface area contributed by atoms with E-state index in [-0.39, 0.29) is 35.3 Å². The number of fused-ring (bicyclic) bond motifs is 3. The van der Waals surface area contributed by atoms with E-state index in [9.17, 15) is 39.3 Å². The highest BCUT2D eigenvalue weighted by Gasteiger charge is 2.76. The molecule has 6 rings (SSSR count). The molecule has 3 aliphatic rings. The van der Waals surface area contributed by atoms with Gasteiger partial charge in [-0.2, -0.15) is 0 Å². The molecule has 16 heteroatoms. The molecular weight excluding hydrogens is 805 g/mol. The van der Waals surface area contributed by atoms with Crippen LogP contribution in [0.2, 0.25) is 0 Å². The van der Waals surface area contributed by atoms with Crippen molar-refractivity contribution in [1.29, 1.82) is 0 Å². The molecule has 330 valence electrons. The van der Waals surface area contributed by atoms with E-state index in [1.807, 2.05) is 0 Å². The molecule has 1 saturated heterocycles. The van der Waals surface area contributed by atoms with Gasteiger partial charge in [-0.15, -0.1) is 0 Å².